The molecule has 1 saturated heterocycles. The van der Waals surface area contributed by atoms with Gasteiger partial charge < -0.3 is 5.32 Å². The minimum atomic E-state index is 0.508. The van der Waals surface area contributed by atoms with E-state index in [1.54, 1.807) is 0 Å². The first-order chi connectivity index (χ1) is 6.88. The molecule has 0 atom stereocenters. The van der Waals surface area contributed by atoms with E-state index >= 15 is 0 Å². The monoisotopic (exact) mass is 193 g/mol. The minimum absolute atomic E-state index is 0.508. The molecule has 4 nitrogen and oxygen atoms in total. The molecule has 0 aromatic carbocycles. The zero-order valence-electron chi connectivity index (χ0n) is 8.12. The summed E-state index contributed by atoms with van der Waals surface area (Å²) < 4.78 is 0. The molecule has 2 N–H and O–H groups in total. The number of nitrogens with one attached hydrogen (secondary N) is 2. The smallest absolute Gasteiger partial charge is 0.170 e. The Balaban J connectivity index is 1.92. The maximum absolute atomic E-state index is 10.4. The maximum atomic E-state index is 10.4. The fourth-order valence-corrected chi connectivity index (χ4v) is 1.94. The van der Waals surface area contributed by atoms with E-state index in [0.29, 0.717) is 5.69 Å². The van der Waals surface area contributed by atoms with Crippen LogP contribution >= 0.6 is 0 Å². The average Bonchev–Trinajstić information content (AvgIpc) is 2.67. The molecule has 14 heavy (non-hydrogen) atoms. The molecule has 0 spiro atoms. The Bertz CT molecular complexity index is 302. The molecule has 0 unspecified atom stereocenters. The normalized spacial score (nSPS) is 18.3. The predicted octanol–water partition coefficient (Wildman–Crippen LogP) is 0.764. The molecule has 2 heterocycles. The fourth-order valence-electron chi connectivity index (χ4n) is 1.94. The predicted molar refractivity (Wildman–Crippen MR) is 53.3 cm³/mol. The number of aldehydes is 1. The van der Waals surface area contributed by atoms with E-state index in [-0.39, 0.29) is 0 Å². The number of nitrogens with zero attached hydrogens (tertiary/aromatic N) is 1. The molecule has 0 amide bonds. The Morgan fingerprint density at radius 1 is 1.50 bits per heavy atom. The van der Waals surface area contributed by atoms with Gasteiger partial charge in [-0.05, 0) is 44.3 Å². The van der Waals surface area contributed by atoms with Crippen molar-refractivity contribution < 1.29 is 4.79 Å². The Kier molecular flexibility index (Phi) is 2.93. The van der Waals surface area contributed by atoms with Crippen LogP contribution in [0.3, 0.4) is 0 Å². The lowest BCUT2D eigenvalue weighted by molar-refractivity contribution is 0.111. The van der Waals surface area contributed by atoms with Crippen LogP contribution in [0.25, 0.3) is 0 Å². The zero-order chi connectivity index (χ0) is 9.80. The Hall–Kier alpha value is -1.16. The van der Waals surface area contributed by atoms with Gasteiger partial charge in [-0.25, -0.2) is 0 Å². The first kappa shape index (κ1) is 9.40. The van der Waals surface area contributed by atoms with Crippen LogP contribution in [0, 0.1) is 5.92 Å². The number of hydrogen-bond donors (Lipinski definition) is 2. The number of carbonyl (C=O) groups is 1. The number of hydrogen-bond acceptors (Lipinski definition) is 3. The quantitative estimate of drug-likeness (QED) is 0.697. The van der Waals surface area contributed by atoms with Gasteiger partial charge in [0.2, 0.25) is 0 Å². The molecular formula is C10H15N3O. The van der Waals surface area contributed by atoms with Gasteiger partial charge in [0.1, 0.15) is 5.69 Å². The highest BCUT2D eigenvalue weighted by atomic mass is 16.1. The van der Waals surface area contributed by atoms with Crippen molar-refractivity contribution in [2.75, 3.05) is 13.1 Å². The summed E-state index contributed by atoms with van der Waals surface area (Å²) in [5.74, 6) is 0.733. The van der Waals surface area contributed by atoms with Crippen molar-refractivity contribution in [2.24, 2.45) is 5.92 Å². The van der Waals surface area contributed by atoms with E-state index in [4.69, 9.17) is 0 Å². The summed E-state index contributed by atoms with van der Waals surface area (Å²) in [4.78, 5) is 10.4. The maximum Gasteiger partial charge on any atom is 0.170 e. The molecule has 1 aliphatic rings. The Morgan fingerprint density at radius 2 is 2.29 bits per heavy atom. The molecule has 0 saturated carbocycles. The van der Waals surface area contributed by atoms with Gasteiger partial charge in [-0.1, -0.05) is 0 Å². The van der Waals surface area contributed by atoms with Crippen molar-refractivity contribution in [3.63, 3.8) is 0 Å². The van der Waals surface area contributed by atoms with E-state index in [2.05, 4.69) is 15.5 Å². The summed E-state index contributed by atoms with van der Waals surface area (Å²) >= 11 is 0. The van der Waals surface area contributed by atoms with Crippen LogP contribution in [0.2, 0.25) is 0 Å². The summed E-state index contributed by atoms with van der Waals surface area (Å²) in [5.41, 5.74) is 1.59. The van der Waals surface area contributed by atoms with Crippen LogP contribution in [0.1, 0.15) is 29.0 Å². The molecule has 0 radical (unpaired) electrons. The molecule has 0 bridgehead atoms. The first-order valence-corrected chi connectivity index (χ1v) is 5.08. The topological polar surface area (TPSA) is 57.8 Å². The highest BCUT2D eigenvalue weighted by molar-refractivity contribution is 5.71. The van der Waals surface area contributed by atoms with Crippen molar-refractivity contribution in [1.29, 1.82) is 0 Å². The second-order valence-electron chi connectivity index (χ2n) is 3.83. The fraction of sp³-hybridized carbons (Fsp3) is 0.600. The number of rotatable bonds is 3. The molecule has 4 heteroatoms. The Labute approximate surface area is 83.1 Å². The molecule has 76 valence electrons. The van der Waals surface area contributed by atoms with E-state index in [9.17, 15) is 4.79 Å². The van der Waals surface area contributed by atoms with Gasteiger partial charge in [-0.15, -0.1) is 0 Å². The van der Waals surface area contributed by atoms with E-state index < -0.39 is 0 Å². The van der Waals surface area contributed by atoms with Gasteiger partial charge in [0.25, 0.3) is 0 Å². The number of piperidine rings is 1. The van der Waals surface area contributed by atoms with Crippen molar-refractivity contribution in [1.82, 2.24) is 15.5 Å². The lowest BCUT2D eigenvalue weighted by atomic mass is 9.93. The van der Waals surface area contributed by atoms with Gasteiger partial charge in [0.15, 0.2) is 6.29 Å². The highest BCUT2D eigenvalue weighted by Crippen LogP contribution is 2.16. The molecule has 1 aliphatic heterocycles. The third kappa shape index (κ3) is 2.20. The van der Waals surface area contributed by atoms with Crippen molar-refractivity contribution >= 4 is 6.29 Å². The SMILES string of the molecule is O=Cc1cc(CC2CCNCC2)[nH]n1. The lowest BCUT2D eigenvalue weighted by Crippen LogP contribution is -2.28. The standard InChI is InChI=1S/C10H15N3O/c14-7-10-6-9(12-13-10)5-8-1-3-11-4-2-8/h6-8,11H,1-5H2,(H,12,13). The summed E-state index contributed by atoms with van der Waals surface area (Å²) in [6, 6.07) is 1.84. The van der Waals surface area contributed by atoms with E-state index in [1.807, 2.05) is 6.07 Å². The number of aromatic nitrogens is 2. The first-order valence-electron chi connectivity index (χ1n) is 5.08. The van der Waals surface area contributed by atoms with Gasteiger partial charge in [-0.3, -0.25) is 9.89 Å². The summed E-state index contributed by atoms with van der Waals surface area (Å²) in [5, 5.41) is 10.1. The highest BCUT2D eigenvalue weighted by Gasteiger charge is 2.14. The van der Waals surface area contributed by atoms with Gasteiger partial charge in [0, 0.05) is 5.69 Å². The number of carbonyl (C=O) groups excluding carboxylic acids is 1. The molecule has 1 fully saturated rings. The van der Waals surface area contributed by atoms with Crippen LogP contribution < -0.4 is 5.32 Å². The van der Waals surface area contributed by atoms with Crippen molar-refractivity contribution in [3.05, 3.63) is 17.5 Å². The second kappa shape index (κ2) is 4.37. The summed E-state index contributed by atoms with van der Waals surface area (Å²) in [6.45, 7) is 2.22. The van der Waals surface area contributed by atoms with Crippen LogP contribution in [-0.4, -0.2) is 29.6 Å². The van der Waals surface area contributed by atoms with E-state index in [1.165, 1.54) is 12.8 Å². The lowest BCUT2D eigenvalue weighted by Gasteiger charge is -2.21. The minimum Gasteiger partial charge on any atom is -0.317 e. The van der Waals surface area contributed by atoms with Crippen LogP contribution in [0.5, 0.6) is 0 Å². The summed E-state index contributed by atoms with van der Waals surface area (Å²) in [6.07, 6.45) is 4.23. The number of aromatic amines is 1. The number of H-pyrrole nitrogens is 1. The van der Waals surface area contributed by atoms with Gasteiger partial charge >= 0.3 is 0 Å². The Morgan fingerprint density at radius 3 is 2.93 bits per heavy atom. The van der Waals surface area contributed by atoms with Crippen LogP contribution in [0.4, 0.5) is 0 Å². The molecule has 2 rings (SSSR count). The average molecular weight is 193 g/mol. The summed E-state index contributed by atoms with van der Waals surface area (Å²) in [7, 11) is 0. The van der Waals surface area contributed by atoms with Crippen LogP contribution in [-0.2, 0) is 6.42 Å². The van der Waals surface area contributed by atoms with Crippen molar-refractivity contribution in [3.8, 4) is 0 Å². The zero-order valence-corrected chi connectivity index (χ0v) is 8.12. The van der Waals surface area contributed by atoms with E-state index in [0.717, 1.165) is 37.4 Å². The van der Waals surface area contributed by atoms with Crippen molar-refractivity contribution in [2.45, 2.75) is 19.3 Å². The molecular weight excluding hydrogens is 178 g/mol. The van der Waals surface area contributed by atoms with Gasteiger partial charge in [-0.2, -0.15) is 5.10 Å². The third-order valence-electron chi connectivity index (χ3n) is 2.74. The third-order valence-corrected chi connectivity index (χ3v) is 2.74. The molecule has 0 aliphatic carbocycles. The second-order valence-corrected chi connectivity index (χ2v) is 3.83. The largest absolute Gasteiger partial charge is 0.317 e. The molecule has 1 aromatic rings. The molecule has 1 aromatic heterocycles. The van der Waals surface area contributed by atoms with Gasteiger partial charge in [0.05, 0.1) is 0 Å². The van der Waals surface area contributed by atoms with Crippen LogP contribution in [0.15, 0.2) is 6.07 Å².